The minimum absolute atomic E-state index is 0.532. The third-order valence-corrected chi connectivity index (χ3v) is 4.61. The molecule has 0 amide bonds. The van der Waals surface area contributed by atoms with E-state index in [1.54, 1.807) is 12.4 Å². The maximum atomic E-state index is 12.6. The Morgan fingerprint density at radius 1 is 1.32 bits per heavy atom. The van der Waals surface area contributed by atoms with Gasteiger partial charge in [-0.1, -0.05) is 12.1 Å². The van der Waals surface area contributed by atoms with Gasteiger partial charge in [-0.3, -0.25) is 9.29 Å². The van der Waals surface area contributed by atoms with Gasteiger partial charge in [0, 0.05) is 16.9 Å². The Labute approximate surface area is 122 Å². The van der Waals surface area contributed by atoms with Crippen LogP contribution >= 0.6 is 15.9 Å². The fraction of sp³-hybridized carbons (Fsp3) is 0.154. The number of nitrogens with zero attached hydrogens (tertiary/aromatic N) is 2. The SMILES string of the molecule is O=S(c1cncc(Br)c1)N1CCOc2ccccc21. The molecule has 1 aromatic heterocycles. The molecule has 0 saturated heterocycles. The van der Waals surface area contributed by atoms with E-state index < -0.39 is 11.0 Å². The smallest absolute Gasteiger partial charge is 0.154 e. The van der Waals surface area contributed by atoms with Gasteiger partial charge in [-0.15, -0.1) is 0 Å². The number of rotatable bonds is 2. The molecule has 1 unspecified atom stereocenters. The van der Waals surface area contributed by atoms with E-state index in [1.807, 2.05) is 34.6 Å². The van der Waals surface area contributed by atoms with Crippen molar-refractivity contribution < 1.29 is 8.95 Å². The number of hydrogen-bond donors (Lipinski definition) is 0. The van der Waals surface area contributed by atoms with Crippen LogP contribution in [0.1, 0.15) is 0 Å². The zero-order chi connectivity index (χ0) is 13.2. The van der Waals surface area contributed by atoms with E-state index >= 15 is 0 Å². The number of halogens is 1. The first-order chi connectivity index (χ1) is 9.25. The molecule has 98 valence electrons. The minimum Gasteiger partial charge on any atom is -0.489 e. The fourth-order valence-electron chi connectivity index (χ4n) is 1.93. The molecule has 1 aliphatic rings. The largest absolute Gasteiger partial charge is 0.489 e. The highest BCUT2D eigenvalue weighted by Crippen LogP contribution is 2.33. The van der Waals surface area contributed by atoms with Gasteiger partial charge < -0.3 is 4.74 Å². The van der Waals surface area contributed by atoms with Crippen molar-refractivity contribution in [2.24, 2.45) is 0 Å². The predicted molar refractivity (Wildman–Crippen MR) is 77.6 cm³/mol. The summed E-state index contributed by atoms with van der Waals surface area (Å²) < 4.78 is 20.9. The Balaban J connectivity index is 1.98. The molecule has 4 nitrogen and oxygen atoms in total. The minimum atomic E-state index is -1.28. The van der Waals surface area contributed by atoms with Gasteiger partial charge in [0.15, 0.2) is 11.0 Å². The summed E-state index contributed by atoms with van der Waals surface area (Å²) in [6, 6.07) is 9.44. The maximum absolute atomic E-state index is 12.6. The van der Waals surface area contributed by atoms with Gasteiger partial charge in [0.05, 0.1) is 17.1 Å². The number of pyridine rings is 1. The average molecular weight is 339 g/mol. The fourth-order valence-corrected chi connectivity index (χ4v) is 3.65. The van der Waals surface area contributed by atoms with Crippen molar-refractivity contribution in [1.29, 1.82) is 0 Å². The number of ether oxygens (including phenoxy) is 1. The summed E-state index contributed by atoms with van der Waals surface area (Å²) in [5, 5.41) is 0. The van der Waals surface area contributed by atoms with Crippen molar-refractivity contribution in [3.63, 3.8) is 0 Å². The third-order valence-electron chi connectivity index (χ3n) is 2.77. The summed E-state index contributed by atoms with van der Waals surface area (Å²) in [6.45, 7) is 1.13. The summed E-state index contributed by atoms with van der Waals surface area (Å²) in [5.41, 5.74) is 0.854. The Kier molecular flexibility index (Phi) is 3.52. The molecule has 0 N–H and O–H groups in total. The van der Waals surface area contributed by atoms with Gasteiger partial charge in [0.2, 0.25) is 0 Å². The quantitative estimate of drug-likeness (QED) is 0.845. The van der Waals surface area contributed by atoms with E-state index in [9.17, 15) is 4.21 Å². The summed E-state index contributed by atoms with van der Waals surface area (Å²) in [5.74, 6) is 0.769. The molecule has 0 saturated carbocycles. The Hall–Kier alpha value is -1.40. The topological polar surface area (TPSA) is 42.4 Å². The van der Waals surface area contributed by atoms with Crippen LogP contribution < -0.4 is 9.04 Å². The van der Waals surface area contributed by atoms with Crippen molar-refractivity contribution in [3.05, 3.63) is 47.2 Å². The Bertz CT molecular complexity index is 636. The van der Waals surface area contributed by atoms with E-state index in [2.05, 4.69) is 20.9 Å². The first kappa shape index (κ1) is 12.6. The standard InChI is InChI=1S/C13H11BrN2O2S/c14-10-7-11(9-15-8-10)19(17)16-5-6-18-13-4-2-1-3-12(13)16/h1-4,7-9H,5-6H2. The number of fused-ring (bicyclic) bond motifs is 1. The molecule has 2 heterocycles. The molecule has 0 bridgehead atoms. The third kappa shape index (κ3) is 2.50. The highest BCUT2D eigenvalue weighted by atomic mass is 79.9. The summed E-state index contributed by atoms with van der Waals surface area (Å²) in [6.07, 6.45) is 3.30. The second-order valence-electron chi connectivity index (χ2n) is 4.01. The highest BCUT2D eigenvalue weighted by molar-refractivity contribution is 9.10. The van der Waals surface area contributed by atoms with E-state index in [1.165, 1.54) is 0 Å². The molecule has 0 fully saturated rings. The molecule has 0 aliphatic carbocycles. The summed E-state index contributed by atoms with van der Waals surface area (Å²) >= 11 is 3.35. The van der Waals surface area contributed by atoms with E-state index in [0.29, 0.717) is 18.0 Å². The lowest BCUT2D eigenvalue weighted by molar-refractivity contribution is 0.317. The normalized spacial score (nSPS) is 15.5. The van der Waals surface area contributed by atoms with Gasteiger partial charge in [-0.05, 0) is 34.1 Å². The van der Waals surface area contributed by atoms with Crippen LogP contribution in [0, 0.1) is 0 Å². The zero-order valence-electron chi connectivity index (χ0n) is 9.95. The van der Waals surface area contributed by atoms with Crippen LogP contribution in [0.15, 0.2) is 52.1 Å². The molecule has 1 atom stereocenters. The van der Waals surface area contributed by atoms with Crippen LogP contribution in [-0.4, -0.2) is 22.3 Å². The van der Waals surface area contributed by atoms with Crippen molar-refractivity contribution in [2.45, 2.75) is 4.90 Å². The number of anilines is 1. The molecule has 19 heavy (non-hydrogen) atoms. The Morgan fingerprint density at radius 2 is 2.16 bits per heavy atom. The molecular weight excluding hydrogens is 328 g/mol. The van der Waals surface area contributed by atoms with Gasteiger partial charge >= 0.3 is 0 Å². The first-order valence-corrected chi connectivity index (χ1v) is 7.67. The molecule has 0 radical (unpaired) electrons. The highest BCUT2D eigenvalue weighted by Gasteiger charge is 2.23. The second-order valence-corrected chi connectivity index (χ2v) is 6.33. The van der Waals surface area contributed by atoms with Crippen molar-refractivity contribution >= 4 is 32.6 Å². The molecule has 2 aromatic rings. The van der Waals surface area contributed by atoms with Gasteiger partial charge in [-0.2, -0.15) is 0 Å². The lowest BCUT2D eigenvalue weighted by atomic mass is 10.2. The lowest BCUT2D eigenvalue weighted by Gasteiger charge is -2.29. The van der Waals surface area contributed by atoms with Crippen LogP contribution in [0.5, 0.6) is 5.75 Å². The molecular formula is C13H11BrN2O2S. The summed E-state index contributed by atoms with van der Waals surface area (Å²) in [4.78, 5) is 4.73. The van der Waals surface area contributed by atoms with E-state index in [-0.39, 0.29) is 0 Å². The number of benzene rings is 1. The van der Waals surface area contributed by atoms with Crippen LogP contribution in [0.3, 0.4) is 0 Å². The van der Waals surface area contributed by atoms with Crippen LogP contribution in [-0.2, 0) is 11.0 Å². The van der Waals surface area contributed by atoms with Crippen LogP contribution in [0.25, 0.3) is 0 Å². The van der Waals surface area contributed by atoms with Crippen LogP contribution in [0.2, 0.25) is 0 Å². The van der Waals surface area contributed by atoms with Crippen LogP contribution in [0.4, 0.5) is 5.69 Å². The van der Waals surface area contributed by atoms with Gasteiger partial charge in [0.1, 0.15) is 12.4 Å². The number of hydrogen-bond acceptors (Lipinski definition) is 3. The summed E-state index contributed by atoms with van der Waals surface area (Å²) in [7, 11) is -1.28. The van der Waals surface area contributed by atoms with E-state index in [4.69, 9.17) is 4.74 Å². The number of aromatic nitrogens is 1. The van der Waals surface area contributed by atoms with Gasteiger partial charge in [-0.25, -0.2) is 4.21 Å². The van der Waals surface area contributed by atoms with Crippen molar-refractivity contribution in [2.75, 3.05) is 17.5 Å². The lowest BCUT2D eigenvalue weighted by Crippen LogP contribution is -2.34. The average Bonchev–Trinajstić information content (AvgIpc) is 2.46. The molecule has 3 rings (SSSR count). The van der Waals surface area contributed by atoms with Crippen molar-refractivity contribution in [1.82, 2.24) is 4.98 Å². The first-order valence-electron chi connectivity index (χ1n) is 5.77. The molecule has 1 aliphatic heterocycles. The van der Waals surface area contributed by atoms with E-state index in [0.717, 1.165) is 15.9 Å². The molecule has 1 aromatic carbocycles. The molecule has 0 spiro atoms. The monoisotopic (exact) mass is 338 g/mol. The maximum Gasteiger partial charge on any atom is 0.154 e. The van der Waals surface area contributed by atoms with Gasteiger partial charge in [0.25, 0.3) is 0 Å². The number of para-hydroxylation sites is 2. The molecule has 6 heteroatoms. The predicted octanol–water partition coefficient (Wildman–Crippen LogP) is 2.77. The second kappa shape index (κ2) is 5.30. The zero-order valence-corrected chi connectivity index (χ0v) is 12.4. The Morgan fingerprint density at radius 3 is 3.00 bits per heavy atom. The van der Waals surface area contributed by atoms with Crippen molar-refractivity contribution in [3.8, 4) is 5.75 Å².